The second kappa shape index (κ2) is 21.9. The molecule has 0 rings (SSSR count). The Bertz CT molecular complexity index is 391. The van der Waals surface area contributed by atoms with Crippen LogP contribution in [0.5, 0.6) is 0 Å². The number of hydrogen-bond donors (Lipinski definition) is 0. The lowest BCUT2D eigenvalue weighted by Gasteiger charge is -2.29. The Balaban J connectivity index is 4.65. The Hall–Kier alpha value is 0.894. The molecule has 0 saturated heterocycles. The third kappa shape index (κ3) is 14.6. The average molecular weight is 559 g/mol. The van der Waals surface area contributed by atoms with Crippen molar-refractivity contribution in [3.8, 4) is 0 Å². The van der Waals surface area contributed by atoms with Crippen molar-refractivity contribution in [2.24, 2.45) is 0 Å². The molecule has 34 heavy (non-hydrogen) atoms. The van der Waals surface area contributed by atoms with Crippen LogP contribution in [0.4, 0.5) is 0 Å². The van der Waals surface area contributed by atoms with Gasteiger partial charge in [-0.3, -0.25) is 0 Å². The van der Waals surface area contributed by atoms with Crippen molar-refractivity contribution in [3.63, 3.8) is 0 Å². The molecule has 2 unspecified atom stereocenters. The first-order valence-corrected chi connectivity index (χ1v) is 19.7. The second-order valence-corrected chi connectivity index (χ2v) is 16.3. The van der Waals surface area contributed by atoms with Gasteiger partial charge in [-0.15, -0.1) is 0 Å². The zero-order valence-electron chi connectivity index (χ0n) is 23.3. The van der Waals surface area contributed by atoms with Crippen LogP contribution >= 0.6 is 21.6 Å². The van der Waals surface area contributed by atoms with Crippen molar-refractivity contribution >= 4 is 39.2 Å². The van der Waals surface area contributed by atoms with Crippen LogP contribution in [0.2, 0.25) is 12.1 Å². The largest absolute Gasteiger partial charge is 0.500 e. The fourth-order valence-electron chi connectivity index (χ4n) is 3.89. The molecule has 6 nitrogen and oxygen atoms in total. The molecular weight excluding hydrogens is 505 g/mol. The van der Waals surface area contributed by atoms with Crippen molar-refractivity contribution < 1.29 is 26.6 Å². The van der Waals surface area contributed by atoms with Gasteiger partial charge in [-0.1, -0.05) is 35.4 Å². The normalized spacial score (nSPS) is 14.5. The van der Waals surface area contributed by atoms with Crippen LogP contribution in [0.15, 0.2) is 0 Å². The molecule has 0 heterocycles. The van der Waals surface area contributed by atoms with Crippen LogP contribution in [0, 0.1) is 0 Å². The summed E-state index contributed by atoms with van der Waals surface area (Å²) in [5.74, 6) is 0. The fraction of sp³-hybridized carbons (Fsp3) is 1.00. The molecule has 0 aliphatic rings. The van der Waals surface area contributed by atoms with Gasteiger partial charge in [-0.25, -0.2) is 0 Å². The highest BCUT2D eigenvalue weighted by molar-refractivity contribution is 8.77. The van der Waals surface area contributed by atoms with Crippen molar-refractivity contribution in [2.45, 2.75) is 117 Å². The molecule has 0 spiro atoms. The van der Waals surface area contributed by atoms with Crippen LogP contribution in [-0.4, -0.2) is 67.8 Å². The first-order valence-electron chi connectivity index (χ1n) is 13.6. The fourth-order valence-corrected chi connectivity index (χ4v) is 12.6. The summed E-state index contributed by atoms with van der Waals surface area (Å²) in [7, 11) is -0.940. The molecule has 2 atom stereocenters. The summed E-state index contributed by atoms with van der Waals surface area (Å²) in [4.78, 5) is 0. The maximum absolute atomic E-state index is 6.02. The highest BCUT2D eigenvalue weighted by Crippen LogP contribution is 2.39. The Morgan fingerprint density at radius 1 is 0.471 bits per heavy atom. The van der Waals surface area contributed by atoms with E-state index in [0.29, 0.717) is 50.1 Å². The van der Waals surface area contributed by atoms with Crippen LogP contribution in [-0.2, 0) is 26.6 Å². The lowest BCUT2D eigenvalue weighted by Crippen LogP contribution is -2.46. The molecule has 0 saturated carbocycles. The third-order valence-electron chi connectivity index (χ3n) is 5.44. The molecule has 0 radical (unpaired) electrons. The quantitative estimate of drug-likeness (QED) is 0.0839. The molecule has 0 bridgehead atoms. The van der Waals surface area contributed by atoms with Gasteiger partial charge in [-0.05, 0) is 80.1 Å². The molecule has 0 aromatic carbocycles. The smallest absolute Gasteiger partial charge is 0.374 e. The molecule has 0 aliphatic carbocycles. The Morgan fingerprint density at radius 3 is 0.941 bits per heavy atom. The Labute approximate surface area is 221 Å². The van der Waals surface area contributed by atoms with Gasteiger partial charge < -0.3 is 26.6 Å². The summed E-state index contributed by atoms with van der Waals surface area (Å²) in [5.41, 5.74) is 0. The maximum atomic E-state index is 6.02. The second-order valence-electron chi connectivity index (χ2n) is 8.00. The molecule has 0 aromatic rings. The van der Waals surface area contributed by atoms with Crippen LogP contribution in [0.3, 0.4) is 0 Å². The topological polar surface area (TPSA) is 55.4 Å². The first kappa shape index (κ1) is 34.9. The van der Waals surface area contributed by atoms with E-state index in [1.807, 2.05) is 41.5 Å². The molecule has 0 fully saturated rings. The predicted octanol–water partition coefficient (Wildman–Crippen LogP) is 7.58. The average Bonchev–Trinajstić information content (AvgIpc) is 2.81. The van der Waals surface area contributed by atoms with Crippen LogP contribution in [0.25, 0.3) is 0 Å². The highest BCUT2D eigenvalue weighted by atomic mass is 33.1. The van der Waals surface area contributed by atoms with Crippen molar-refractivity contribution in [2.75, 3.05) is 39.6 Å². The molecule has 0 aromatic heterocycles. The van der Waals surface area contributed by atoms with E-state index in [2.05, 4.69) is 35.4 Å². The molecule has 206 valence electrons. The Kier molecular flexibility index (Phi) is 22.5. The minimum Gasteiger partial charge on any atom is -0.374 e. The van der Waals surface area contributed by atoms with E-state index in [4.69, 9.17) is 26.6 Å². The minimum atomic E-state index is -2.53. The Morgan fingerprint density at radius 2 is 0.735 bits per heavy atom. The van der Waals surface area contributed by atoms with Crippen LogP contribution in [0.1, 0.15) is 93.9 Å². The monoisotopic (exact) mass is 558 g/mol. The lowest BCUT2D eigenvalue weighted by atomic mass is 10.2. The highest BCUT2D eigenvalue weighted by Gasteiger charge is 2.40. The van der Waals surface area contributed by atoms with E-state index >= 15 is 0 Å². The third-order valence-corrected chi connectivity index (χ3v) is 15.5. The molecule has 0 aliphatic heterocycles. The number of hydrogen-bond acceptors (Lipinski definition) is 8. The van der Waals surface area contributed by atoms with Gasteiger partial charge >= 0.3 is 17.6 Å². The summed E-state index contributed by atoms with van der Waals surface area (Å²) in [6, 6.07) is 1.81. The standard InChI is InChI=1S/C24H54O6S2Si2/c1-9-23(19-17-21-33(25-11-3,26-12-4)27-13-5)31-32-24(10-2)20-18-22-34(28-14-6,29-15-7)30-16-8/h23-24H,9-22H2,1-8H3. The van der Waals surface area contributed by atoms with E-state index in [1.165, 1.54) is 25.7 Å². The zero-order chi connectivity index (χ0) is 25.7. The predicted molar refractivity (Wildman–Crippen MR) is 153 cm³/mol. The van der Waals surface area contributed by atoms with Crippen molar-refractivity contribution in [1.82, 2.24) is 0 Å². The molecule has 10 heteroatoms. The van der Waals surface area contributed by atoms with E-state index < -0.39 is 17.6 Å². The van der Waals surface area contributed by atoms with E-state index in [0.717, 1.165) is 24.9 Å². The van der Waals surface area contributed by atoms with Gasteiger partial charge in [0.05, 0.1) is 0 Å². The summed E-state index contributed by atoms with van der Waals surface area (Å²) in [6.45, 7) is 20.6. The van der Waals surface area contributed by atoms with E-state index in [-0.39, 0.29) is 0 Å². The first-order chi connectivity index (χ1) is 16.4. The lowest BCUT2D eigenvalue weighted by molar-refractivity contribution is 0.0698. The van der Waals surface area contributed by atoms with Gasteiger partial charge in [0.25, 0.3) is 0 Å². The number of rotatable bonds is 25. The minimum absolute atomic E-state index is 0.638. The molecule has 0 N–H and O–H groups in total. The zero-order valence-corrected chi connectivity index (χ0v) is 27.0. The van der Waals surface area contributed by atoms with Gasteiger partial charge in [0.1, 0.15) is 0 Å². The van der Waals surface area contributed by atoms with E-state index in [9.17, 15) is 0 Å². The summed E-state index contributed by atoms with van der Waals surface area (Å²) in [5, 5.41) is 1.28. The van der Waals surface area contributed by atoms with E-state index in [1.54, 1.807) is 0 Å². The summed E-state index contributed by atoms with van der Waals surface area (Å²) in [6.07, 6.45) is 6.86. The van der Waals surface area contributed by atoms with Crippen LogP contribution < -0.4 is 0 Å². The van der Waals surface area contributed by atoms with Crippen molar-refractivity contribution in [3.05, 3.63) is 0 Å². The van der Waals surface area contributed by atoms with Gasteiger partial charge in [0.2, 0.25) is 0 Å². The summed E-state index contributed by atoms with van der Waals surface area (Å²) >= 11 is 0. The molecule has 0 amide bonds. The summed E-state index contributed by atoms with van der Waals surface area (Å²) < 4.78 is 36.1. The maximum Gasteiger partial charge on any atom is 0.500 e. The SMILES string of the molecule is CCO[Si](CCCC(CC)SSC(CC)CCC[Si](OCC)(OCC)OCC)(OCC)OCC. The van der Waals surface area contributed by atoms with Gasteiger partial charge in [0, 0.05) is 62.2 Å². The van der Waals surface area contributed by atoms with Crippen molar-refractivity contribution in [1.29, 1.82) is 0 Å². The van der Waals surface area contributed by atoms with Gasteiger partial charge in [-0.2, -0.15) is 0 Å². The van der Waals surface area contributed by atoms with Gasteiger partial charge in [0.15, 0.2) is 0 Å². The molecular formula is C24H54O6S2Si2.